The largest absolute Gasteiger partial charge is 0.406 e. The molecular weight excluding hydrogens is 557 g/mol. The molecule has 0 unspecified atom stereocenters. The number of aliphatic hydroxyl groups is 1. The number of hydrogen-bond acceptors (Lipinski definition) is 7. The number of aromatic nitrogens is 2. The van der Waals surface area contributed by atoms with E-state index >= 15 is 0 Å². The summed E-state index contributed by atoms with van der Waals surface area (Å²) in [5.74, 6) is -0.352. The van der Waals surface area contributed by atoms with E-state index < -0.39 is 56.0 Å². The molecule has 1 aromatic heterocycles. The van der Waals surface area contributed by atoms with Crippen LogP contribution < -0.4 is 15.7 Å². The number of benzene rings is 1. The lowest BCUT2D eigenvalue weighted by atomic mass is 9.97. The summed E-state index contributed by atoms with van der Waals surface area (Å²) in [5, 5.41) is 19.7. The van der Waals surface area contributed by atoms with Crippen LogP contribution in [-0.4, -0.2) is 57.2 Å². The molecule has 236 valence electrons. The maximum absolute atomic E-state index is 13.8. The number of carbonyl (C=O) groups is 2. The molecule has 2 rings (SSSR count). The van der Waals surface area contributed by atoms with Gasteiger partial charge in [0.05, 0.1) is 18.2 Å². The average molecular weight is 608 g/mol. The van der Waals surface area contributed by atoms with E-state index in [0.29, 0.717) is 18.7 Å². The van der Waals surface area contributed by atoms with Crippen LogP contribution in [0.25, 0.3) is 0 Å². The van der Waals surface area contributed by atoms with Gasteiger partial charge in [0, 0.05) is 12.4 Å². The third-order valence-corrected chi connectivity index (χ3v) is 8.21. The van der Waals surface area contributed by atoms with Gasteiger partial charge in [0.25, 0.3) is 0 Å². The molecule has 42 heavy (non-hydrogen) atoms. The molecule has 0 saturated heterocycles. The van der Waals surface area contributed by atoms with Crippen molar-refractivity contribution >= 4 is 19.6 Å². The molecule has 0 aliphatic rings. The normalized spacial score (nSPS) is 15.2. The summed E-state index contributed by atoms with van der Waals surface area (Å²) in [6.45, 7) is 14.8. The van der Waals surface area contributed by atoms with Gasteiger partial charge < -0.3 is 20.7 Å². The number of carbonyl (C=O) groups excluding carboxylic acids is 2. The van der Waals surface area contributed by atoms with Gasteiger partial charge in [-0.1, -0.05) is 58.0 Å². The average Bonchev–Trinajstić information content (AvgIpc) is 3.41. The molecule has 0 saturated carbocycles. The van der Waals surface area contributed by atoms with Gasteiger partial charge in [0.1, 0.15) is 24.0 Å². The van der Waals surface area contributed by atoms with Crippen molar-refractivity contribution in [2.45, 2.75) is 111 Å². The fourth-order valence-corrected chi connectivity index (χ4v) is 6.41. The molecule has 12 heteroatoms. The number of nitrogens with zero attached hydrogens (tertiary/aromatic N) is 1. The molecule has 1 heterocycles. The monoisotopic (exact) mass is 607 g/mol. The Morgan fingerprint density at radius 3 is 1.95 bits per heavy atom. The van der Waals surface area contributed by atoms with Crippen molar-refractivity contribution in [3.05, 3.63) is 54.1 Å². The summed E-state index contributed by atoms with van der Waals surface area (Å²) in [6.07, 6.45) is 2.27. The SMILES string of the molecule is CC(C)C[C@H](NC(=O)[C@H](Cc1ccccc1)NP(=O)(OC(C)C)OC(C)C)C(=O)N[C@H](CC(C)C)[C@H](O)c1ncc[nH]1. The lowest BCUT2D eigenvalue weighted by Crippen LogP contribution is -2.55. The second-order valence-electron chi connectivity index (χ2n) is 12.0. The third kappa shape index (κ3) is 12.4. The van der Waals surface area contributed by atoms with E-state index in [1.54, 1.807) is 40.1 Å². The number of amides is 2. The second-order valence-corrected chi connectivity index (χ2v) is 13.7. The van der Waals surface area contributed by atoms with E-state index in [0.717, 1.165) is 5.56 Å². The zero-order valence-electron chi connectivity index (χ0n) is 26.2. The van der Waals surface area contributed by atoms with Gasteiger partial charge in [-0.05, 0) is 64.4 Å². The van der Waals surface area contributed by atoms with Crippen molar-refractivity contribution in [1.29, 1.82) is 0 Å². The predicted octanol–water partition coefficient (Wildman–Crippen LogP) is 4.66. The van der Waals surface area contributed by atoms with Crippen LogP contribution in [0, 0.1) is 11.8 Å². The number of hydrogen-bond donors (Lipinski definition) is 5. The highest BCUT2D eigenvalue weighted by atomic mass is 31.2. The van der Waals surface area contributed by atoms with Crippen molar-refractivity contribution < 1.29 is 28.3 Å². The fraction of sp³-hybridized carbons (Fsp3) is 0.633. The Morgan fingerprint density at radius 2 is 1.45 bits per heavy atom. The summed E-state index contributed by atoms with van der Waals surface area (Å²) in [6, 6.07) is 6.74. The fourth-order valence-electron chi connectivity index (χ4n) is 4.54. The van der Waals surface area contributed by atoms with Gasteiger partial charge in [-0.3, -0.25) is 18.6 Å². The highest BCUT2D eigenvalue weighted by Crippen LogP contribution is 2.47. The van der Waals surface area contributed by atoms with Gasteiger partial charge in [-0.15, -0.1) is 0 Å². The van der Waals surface area contributed by atoms with Gasteiger partial charge >= 0.3 is 7.75 Å². The van der Waals surface area contributed by atoms with Crippen LogP contribution in [0.2, 0.25) is 0 Å². The Labute approximate surface area is 250 Å². The van der Waals surface area contributed by atoms with Crippen LogP contribution in [0.4, 0.5) is 0 Å². The summed E-state index contributed by atoms with van der Waals surface area (Å²) < 4.78 is 25.0. The molecule has 0 aliphatic carbocycles. The first-order valence-electron chi connectivity index (χ1n) is 14.8. The van der Waals surface area contributed by atoms with Crippen LogP contribution in [0.5, 0.6) is 0 Å². The zero-order valence-corrected chi connectivity index (χ0v) is 27.1. The molecule has 0 radical (unpaired) electrons. The highest BCUT2D eigenvalue weighted by Gasteiger charge is 2.36. The number of aliphatic hydroxyl groups excluding tert-OH is 1. The molecule has 1 aromatic carbocycles. The molecule has 0 spiro atoms. The molecule has 4 atom stereocenters. The number of H-pyrrole nitrogens is 1. The summed E-state index contributed by atoms with van der Waals surface area (Å²) in [4.78, 5) is 34.5. The maximum Gasteiger partial charge on any atom is 0.406 e. The van der Waals surface area contributed by atoms with E-state index in [1.165, 1.54) is 0 Å². The third-order valence-electron chi connectivity index (χ3n) is 6.19. The quantitative estimate of drug-likeness (QED) is 0.153. The first-order valence-corrected chi connectivity index (χ1v) is 16.3. The summed E-state index contributed by atoms with van der Waals surface area (Å²) in [5.41, 5.74) is 0.828. The topological polar surface area (TPSA) is 155 Å². The van der Waals surface area contributed by atoms with Crippen molar-refractivity contribution in [1.82, 2.24) is 25.7 Å². The van der Waals surface area contributed by atoms with Crippen LogP contribution in [-0.2, 0) is 29.6 Å². The first-order chi connectivity index (χ1) is 19.7. The second kappa shape index (κ2) is 16.9. The first kappa shape index (κ1) is 35.6. The van der Waals surface area contributed by atoms with Crippen LogP contribution in [0.15, 0.2) is 42.7 Å². The van der Waals surface area contributed by atoms with Gasteiger partial charge in [-0.2, -0.15) is 0 Å². The Kier molecular flexibility index (Phi) is 14.4. The number of rotatable bonds is 18. The molecule has 0 bridgehead atoms. The van der Waals surface area contributed by atoms with Gasteiger partial charge in [-0.25, -0.2) is 14.6 Å². The van der Waals surface area contributed by atoms with E-state index in [-0.39, 0.29) is 18.3 Å². The molecule has 0 aliphatic heterocycles. The molecular formula is C30H50N5O6P. The van der Waals surface area contributed by atoms with E-state index in [9.17, 15) is 19.3 Å². The van der Waals surface area contributed by atoms with Crippen LogP contribution >= 0.6 is 7.75 Å². The van der Waals surface area contributed by atoms with Crippen molar-refractivity contribution in [3.63, 3.8) is 0 Å². The Hall–Kier alpha value is -2.56. The molecule has 11 nitrogen and oxygen atoms in total. The lowest BCUT2D eigenvalue weighted by Gasteiger charge is -2.30. The highest BCUT2D eigenvalue weighted by molar-refractivity contribution is 7.51. The standard InChI is InChI=1S/C30H50N5O6P/c1-19(2)16-24(27(36)28-31-14-15-32-28)33-29(37)25(17-20(3)4)34-30(38)26(18-23-12-10-9-11-13-23)35-42(39,40-21(5)6)41-22(7)8/h9-15,19-22,24-27,36H,16-18H2,1-8H3,(H,31,32)(H,33,37)(H,34,38)(H,35,39)/t24-,25+,26+,27+/m1/s1. The Morgan fingerprint density at radius 1 is 0.881 bits per heavy atom. The van der Waals surface area contributed by atoms with E-state index in [1.807, 2.05) is 58.0 Å². The Bertz CT molecular complexity index is 1110. The molecule has 2 aromatic rings. The molecule has 0 fully saturated rings. The van der Waals surface area contributed by atoms with Crippen LogP contribution in [0.1, 0.15) is 85.7 Å². The maximum atomic E-state index is 13.8. The molecule has 2 amide bonds. The Balaban J connectivity index is 2.34. The molecule has 5 N–H and O–H groups in total. The zero-order chi connectivity index (χ0) is 31.4. The smallest absolute Gasteiger partial charge is 0.383 e. The van der Waals surface area contributed by atoms with E-state index in [2.05, 4.69) is 25.7 Å². The predicted molar refractivity (Wildman–Crippen MR) is 163 cm³/mol. The number of imidazole rings is 1. The minimum absolute atomic E-state index is 0.0692. The van der Waals surface area contributed by atoms with Crippen molar-refractivity contribution in [2.24, 2.45) is 11.8 Å². The number of aromatic amines is 1. The van der Waals surface area contributed by atoms with E-state index in [4.69, 9.17) is 9.05 Å². The van der Waals surface area contributed by atoms with Crippen molar-refractivity contribution in [3.8, 4) is 0 Å². The van der Waals surface area contributed by atoms with Gasteiger partial charge in [0.15, 0.2) is 0 Å². The van der Waals surface area contributed by atoms with Gasteiger partial charge in [0.2, 0.25) is 11.8 Å². The lowest BCUT2D eigenvalue weighted by molar-refractivity contribution is -0.131. The summed E-state index contributed by atoms with van der Waals surface area (Å²) in [7, 11) is -3.91. The minimum Gasteiger partial charge on any atom is -0.383 e. The summed E-state index contributed by atoms with van der Waals surface area (Å²) >= 11 is 0. The number of nitrogens with one attached hydrogen (secondary N) is 4. The minimum atomic E-state index is -3.91. The van der Waals surface area contributed by atoms with Crippen molar-refractivity contribution in [2.75, 3.05) is 0 Å². The van der Waals surface area contributed by atoms with Crippen LogP contribution in [0.3, 0.4) is 0 Å².